The number of thioether (sulfide) groups is 1. The quantitative estimate of drug-likeness (QED) is 0.169. The second-order valence-corrected chi connectivity index (χ2v) is 11.9. The van der Waals surface area contributed by atoms with Gasteiger partial charge >= 0.3 is 0 Å². The lowest BCUT2D eigenvalue weighted by Gasteiger charge is -2.14. The molecule has 0 aliphatic carbocycles. The van der Waals surface area contributed by atoms with Crippen LogP contribution in [0.3, 0.4) is 0 Å². The van der Waals surface area contributed by atoms with Crippen molar-refractivity contribution in [3.8, 4) is 66.8 Å². The lowest BCUT2D eigenvalue weighted by Crippen LogP contribution is -1.88. The van der Waals surface area contributed by atoms with Gasteiger partial charge in [-0.1, -0.05) is 127 Å². The van der Waals surface area contributed by atoms with Crippen molar-refractivity contribution in [3.63, 3.8) is 0 Å². The molecule has 0 saturated carbocycles. The summed E-state index contributed by atoms with van der Waals surface area (Å²) in [4.78, 5) is 1.27. The number of rotatable bonds is 7. The second kappa shape index (κ2) is 12.6. The SMILES string of the molecule is CSc1cccc(-c2cccc(-c3cc(-c4cccc(-c5ccccc5)c4)cc(-c4cccc(-c5ccccc5)c4)c3)c2)c1. The van der Waals surface area contributed by atoms with Crippen LogP contribution in [-0.4, -0.2) is 6.26 Å². The number of benzene rings is 7. The van der Waals surface area contributed by atoms with Crippen LogP contribution in [0.2, 0.25) is 0 Å². The van der Waals surface area contributed by atoms with Crippen molar-refractivity contribution in [1.29, 1.82) is 0 Å². The Labute approximate surface area is 264 Å². The Hall–Kier alpha value is -5.11. The fourth-order valence-corrected chi connectivity index (χ4v) is 6.29. The van der Waals surface area contributed by atoms with E-state index in [0.29, 0.717) is 0 Å². The van der Waals surface area contributed by atoms with Gasteiger partial charge in [-0.3, -0.25) is 0 Å². The monoisotopic (exact) mass is 580 g/mol. The molecular formula is C43H32S. The van der Waals surface area contributed by atoms with Crippen LogP contribution >= 0.6 is 11.8 Å². The highest BCUT2D eigenvalue weighted by Gasteiger charge is 2.11. The molecule has 0 bridgehead atoms. The van der Waals surface area contributed by atoms with Crippen molar-refractivity contribution in [2.45, 2.75) is 4.90 Å². The van der Waals surface area contributed by atoms with E-state index in [0.717, 1.165) is 0 Å². The van der Waals surface area contributed by atoms with E-state index in [1.165, 1.54) is 71.7 Å². The van der Waals surface area contributed by atoms with Crippen LogP contribution in [-0.2, 0) is 0 Å². The topological polar surface area (TPSA) is 0 Å². The van der Waals surface area contributed by atoms with E-state index in [1.54, 1.807) is 11.8 Å². The zero-order chi connectivity index (χ0) is 29.7. The number of hydrogen-bond acceptors (Lipinski definition) is 1. The minimum atomic E-state index is 1.20. The summed E-state index contributed by atoms with van der Waals surface area (Å²) in [6.45, 7) is 0. The Balaban J connectivity index is 1.37. The van der Waals surface area contributed by atoms with Crippen LogP contribution < -0.4 is 0 Å². The average Bonchev–Trinajstić information content (AvgIpc) is 3.12. The number of hydrogen-bond donors (Lipinski definition) is 0. The predicted molar refractivity (Wildman–Crippen MR) is 191 cm³/mol. The van der Waals surface area contributed by atoms with Gasteiger partial charge < -0.3 is 0 Å². The van der Waals surface area contributed by atoms with Gasteiger partial charge in [0.25, 0.3) is 0 Å². The van der Waals surface area contributed by atoms with Gasteiger partial charge in [0.2, 0.25) is 0 Å². The van der Waals surface area contributed by atoms with Gasteiger partial charge in [0.05, 0.1) is 0 Å². The van der Waals surface area contributed by atoms with Gasteiger partial charge in [0.15, 0.2) is 0 Å². The molecule has 0 spiro atoms. The van der Waals surface area contributed by atoms with E-state index in [4.69, 9.17) is 0 Å². The highest BCUT2D eigenvalue weighted by Crippen LogP contribution is 2.37. The normalized spacial score (nSPS) is 10.9. The Morgan fingerprint density at radius 1 is 0.250 bits per heavy atom. The van der Waals surface area contributed by atoms with E-state index in [9.17, 15) is 0 Å². The van der Waals surface area contributed by atoms with E-state index in [1.807, 2.05) is 0 Å². The van der Waals surface area contributed by atoms with Crippen molar-refractivity contribution >= 4 is 11.8 Å². The molecule has 7 rings (SSSR count). The second-order valence-electron chi connectivity index (χ2n) is 11.0. The highest BCUT2D eigenvalue weighted by atomic mass is 32.2. The summed E-state index contributed by atoms with van der Waals surface area (Å²) in [5.41, 5.74) is 14.6. The first kappa shape index (κ1) is 27.7. The molecule has 0 aromatic heterocycles. The Kier molecular flexibility index (Phi) is 7.95. The maximum atomic E-state index is 2.34. The van der Waals surface area contributed by atoms with Crippen LogP contribution in [0.15, 0.2) is 181 Å². The zero-order valence-corrected chi connectivity index (χ0v) is 25.5. The third-order valence-corrected chi connectivity index (χ3v) is 8.86. The summed E-state index contributed by atoms with van der Waals surface area (Å²) in [6, 6.07) is 63.7. The van der Waals surface area contributed by atoms with E-state index < -0.39 is 0 Å². The van der Waals surface area contributed by atoms with Gasteiger partial charge in [-0.25, -0.2) is 0 Å². The summed E-state index contributed by atoms with van der Waals surface area (Å²) in [5, 5.41) is 0. The fourth-order valence-electron chi connectivity index (χ4n) is 5.83. The molecule has 7 aromatic rings. The zero-order valence-electron chi connectivity index (χ0n) is 24.7. The third kappa shape index (κ3) is 6.01. The molecule has 0 atom stereocenters. The Bertz CT molecular complexity index is 1940. The van der Waals surface area contributed by atoms with E-state index in [2.05, 4.69) is 182 Å². The summed E-state index contributed by atoms with van der Waals surface area (Å²) >= 11 is 1.78. The molecule has 0 nitrogen and oxygen atoms in total. The summed E-state index contributed by atoms with van der Waals surface area (Å²) in [5.74, 6) is 0. The maximum Gasteiger partial charge on any atom is 0.00752 e. The summed E-state index contributed by atoms with van der Waals surface area (Å²) < 4.78 is 0. The smallest absolute Gasteiger partial charge is 0.00752 e. The molecule has 0 unspecified atom stereocenters. The standard InChI is InChI=1S/C43H32S/c1-44-43-23-11-22-39(30-43)35-18-10-21-38(26-35)42-28-40(36-19-8-16-33(24-36)31-12-4-2-5-13-31)27-41(29-42)37-20-9-17-34(25-37)32-14-6-3-7-15-32/h2-30H,1H3. The minimum absolute atomic E-state index is 1.20. The molecule has 0 N–H and O–H groups in total. The fraction of sp³-hybridized carbons (Fsp3) is 0.0233. The van der Waals surface area contributed by atoms with E-state index in [-0.39, 0.29) is 0 Å². The molecule has 0 aliphatic rings. The van der Waals surface area contributed by atoms with Gasteiger partial charge in [-0.2, -0.15) is 0 Å². The lowest BCUT2D eigenvalue weighted by molar-refractivity contribution is 1.46. The molecule has 0 radical (unpaired) electrons. The van der Waals surface area contributed by atoms with E-state index >= 15 is 0 Å². The average molecular weight is 581 g/mol. The first-order valence-electron chi connectivity index (χ1n) is 15.0. The van der Waals surface area contributed by atoms with Gasteiger partial charge in [-0.15, -0.1) is 11.8 Å². The molecule has 0 heterocycles. The van der Waals surface area contributed by atoms with Crippen LogP contribution in [0.25, 0.3) is 66.8 Å². The minimum Gasteiger partial charge on any atom is -0.130 e. The molecule has 0 aliphatic heterocycles. The predicted octanol–water partition coefficient (Wildman–Crippen LogP) is 12.4. The lowest BCUT2D eigenvalue weighted by atomic mass is 9.90. The first-order valence-corrected chi connectivity index (χ1v) is 16.2. The van der Waals surface area contributed by atoms with Crippen LogP contribution in [0.5, 0.6) is 0 Å². The van der Waals surface area contributed by atoms with Crippen molar-refractivity contribution in [1.82, 2.24) is 0 Å². The Morgan fingerprint density at radius 3 is 0.909 bits per heavy atom. The third-order valence-electron chi connectivity index (χ3n) is 8.14. The maximum absolute atomic E-state index is 2.34. The first-order chi connectivity index (χ1) is 21.7. The van der Waals surface area contributed by atoms with Gasteiger partial charge in [0.1, 0.15) is 0 Å². The molecule has 7 aromatic carbocycles. The van der Waals surface area contributed by atoms with Crippen LogP contribution in [0.4, 0.5) is 0 Å². The largest absolute Gasteiger partial charge is 0.130 e. The molecule has 0 saturated heterocycles. The van der Waals surface area contributed by atoms with Crippen LogP contribution in [0, 0.1) is 0 Å². The van der Waals surface area contributed by atoms with Crippen LogP contribution in [0.1, 0.15) is 0 Å². The Morgan fingerprint density at radius 2 is 0.523 bits per heavy atom. The van der Waals surface area contributed by atoms with Gasteiger partial charge in [-0.05, 0) is 122 Å². The van der Waals surface area contributed by atoms with Crippen molar-refractivity contribution < 1.29 is 0 Å². The van der Waals surface area contributed by atoms with Crippen molar-refractivity contribution in [3.05, 3.63) is 176 Å². The molecule has 1 heteroatoms. The molecule has 0 fully saturated rings. The summed E-state index contributed by atoms with van der Waals surface area (Å²) in [7, 11) is 0. The van der Waals surface area contributed by atoms with Crippen molar-refractivity contribution in [2.75, 3.05) is 6.26 Å². The van der Waals surface area contributed by atoms with Crippen molar-refractivity contribution in [2.24, 2.45) is 0 Å². The molecule has 210 valence electrons. The molecule has 44 heavy (non-hydrogen) atoms. The summed E-state index contributed by atoms with van der Waals surface area (Å²) in [6.07, 6.45) is 2.13. The highest BCUT2D eigenvalue weighted by molar-refractivity contribution is 7.98. The molecular weight excluding hydrogens is 549 g/mol. The molecule has 0 amide bonds. The van der Waals surface area contributed by atoms with Gasteiger partial charge in [0, 0.05) is 4.90 Å².